The maximum atomic E-state index is 12.0. The lowest BCUT2D eigenvalue weighted by Crippen LogP contribution is -2.34. The quantitative estimate of drug-likeness (QED) is 0.721. The number of hydrogen-bond acceptors (Lipinski definition) is 3. The van der Waals surface area contributed by atoms with Gasteiger partial charge in [-0.1, -0.05) is 13.8 Å². The number of halogens is 1. The molecule has 21 heavy (non-hydrogen) atoms. The summed E-state index contributed by atoms with van der Waals surface area (Å²) in [5.41, 5.74) is 1.19. The fourth-order valence-electron chi connectivity index (χ4n) is 1.87. The summed E-state index contributed by atoms with van der Waals surface area (Å²) in [5, 5.41) is 5.50. The van der Waals surface area contributed by atoms with Crippen molar-refractivity contribution in [2.24, 2.45) is 0 Å². The van der Waals surface area contributed by atoms with Crippen molar-refractivity contribution in [2.45, 2.75) is 13.8 Å². The van der Waals surface area contributed by atoms with Crippen molar-refractivity contribution in [3.05, 3.63) is 29.8 Å². The number of benzene rings is 1. The van der Waals surface area contributed by atoms with E-state index >= 15 is 0 Å². The van der Waals surface area contributed by atoms with Crippen LogP contribution in [-0.4, -0.2) is 48.8 Å². The molecule has 0 saturated carbocycles. The highest BCUT2D eigenvalue weighted by Gasteiger charge is 2.06. The molecule has 0 fully saturated rings. The molecule has 0 saturated heterocycles. The lowest BCUT2D eigenvalue weighted by atomic mass is 10.2. The number of anilines is 1. The van der Waals surface area contributed by atoms with Gasteiger partial charge >= 0.3 is 0 Å². The molecule has 0 aromatic heterocycles. The van der Waals surface area contributed by atoms with E-state index in [4.69, 9.17) is 11.6 Å². The first-order valence-corrected chi connectivity index (χ1v) is 7.60. The first kappa shape index (κ1) is 17.5. The molecular weight excluding hydrogens is 290 g/mol. The van der Waals surface area contributed by atoms with E-state index in [-0.39, 0.29) is 17.7 Å². The largest absolute Gasteiger partial charge is 0.351 e. The highest BCUT2D eigenvalue weighted by Crippen LogP contribution is 2.09. The average Bonchev–Trinajstić information content (AvgIpc) is 2.52. The number of likely N-dealkylation sites (N-methyl/N-ethyl adjacent to an activating group) is 1. The first-order valence-electron chi connectivity index (χ1n) is 7.07. The second-order valence-electron chi connectivity index (χ2n) is 4.54. The number of amides is 2. The minimum absolute atomic E-state index is 0.0897. The number of hydrogen-bond donors (Lipinski definition) is 2. The minimum atomic E-state index is -0.270. The SMILES string of the molecule is CCN(CC)CCNC(=O)c1ccc(NC(=O)CCl)cc1. The molecule has 0 aliphatic heterocycles. The van der Waals surface area contributed by atoms with Gasteiger partial charge in [0, 0.05) is 24.3 Å². The summed E-state index contributed by atoms with van der Waals surface area (Å²) < 4.78 is 0. The molecule has 1 aromatic rings. The molecule has 1 rings (SSSR count). The van der Waals surface area contributed by atoms with Crippen LogP contribution in [0.25, 0.3) is 0 Å². The van der Waals surface area contributed by atoms with Gasteiger partial charge in [0.2, 0.25) is 5.91 Å². The van der Waals surface area contributed by atoms with Crippen LogP contribution in [0.1, 0.15) is 24.2 Å². The van der Waals surface area contributed by atoms with Gasteiger partial charge in [0.15, 0.2) is 0 Å². The van der Waals surface area contributed by atoms with E-state index in [2.05, 4.69) is 29.4 Å². The summed E-state index contributed by atoms with van der Waals surface area (Å²) in [6.07, 6.45) is 0. The van der Waals surface area contributed by atoms with Crippen LogP contribution in [0.5, 0.6) is 0 Å². The maximum Gasteiger partial charge on any atom is 0.251 e. The zero-order valence-corrected chi connectivity index (χ0v) is 13.2. The number of alkyl halides is 1. The molecule has 0 spiro atoms. The Hall–Kier alpha value is -1.59. The van der Waals surface area contributed by atoms with E-state index in [0.29, 0.717) is 17.8 Å². The molecule has 1 aromatic carbocycles. The van der Waals surface area contributed by atoms with Crippen molar-refractivity contribution < 1.29 is 9.59 Å². The Morgan fingerprint density at radius 2 is 1.76 bits per heavy atom. The minimum Gasteiger partial charge on any atom is -0.351 e. The second kappa shape index (κ2) is 9.37. The molecule has 0 unspecified atom stereocenters. The van der Waals surface area contributed by atoms with E-state index in [9.17, 15) is 9.59 Å². The maximum absolute atomic E-state index is 12.0. The molecule has 2 N–H and O–H groups in total. The van der Waals surface area contributed by atoms with Gasteiger partial charge in [-0.2, -0.15) is 0 Å². The Kier molecular flexibility index (Phi) is 7.79. The highest BCUT2D eigenvalue weighted by molar-refractivity contribution is 6.29. The number of nitrogens with zero attached hydrogens (tertiary/aromatic N) is 1. The molecule has 0 bridgehead atoms. The van der Waals surface area contributed by atoms with Gasteiger partial charge in [-0.05, 0) is 37.4 Å². The van der Waals surface area contributed by atoms with Gasteiger partial charge in [-0.25, -0.2) is 0 Å². The van der Waals surface area contributed by atoms with E-state index in [1.807, 2.05) is 0 Å². The molecule has 0 radical (unpaired) electrons. The Labute approximate surface area is 130 Å². The molecule has 2 amide bonds. The van der Waals surface area contributed by atoms with Gasteiger partial charge in [0.1, 0.15) is 5.88 Å². The number of carbonyl (C=O) groups is 2. The predicted molar refractivity (Wildman–Crippen MR) is 85.9 cm³/mol. The van der Waals surface area contributed by atoms with Crippen LogP contribution < -0.4 is 10.6 Å². The molecule has 0 aliphatic rings. The Morgan fingerprint density at radius 3 is 2.29 bits per heavy atom. The van der Waals surface area contributed by atoms with E-state index < -0.39 is 0 Å². The van der Waals surface area contributed by atoms with Crippen LogP contribution in [0.15, 0.2) is 24.3 Å². The number of nitrogens with one attached hydrogen (secondary N) is 2. The number of carbonyl (C=O) groups excluding carboxylic acids is 2. The molecule has 0 heterocycles. The summed E-state index contributed by atoms with van der Waals surface area (Å²) in [7, 11) is 0. The predicted octanol–water partition coefficient (Wildman–Crippen LogP) is 1.94. The average molecular weight is 312 g/mol. The highest BCUT2D eigenvalue weighted by atomic mass is 35.5. The van der Waals surface area contributed by atoms with Crippen LogP contribution in [0.2, 0.25) is 0 Å². The lowest BCUT2D eigenvalue weighted by Gasteiger charge is -2.17. The summed E-state index contributed by atoms with van der Waals surface area (Å²) in [6, 6.07) is 6.72. The molecule has 6 heteroatoms. The van der Waals surface area contributed by atoms with E-state index in [1.165, 1.54) is 0 Å². The van der Waals surface area contributed by atoms with Crippen molar-refractivity contribution in [1.29, 1.82) is 0 Å². The van der Waals surface area contributed by atoms with Gasteiger partial charge in [-0.3, -0.25) is 9.59 Å². The van der Waals surface area contributed by atoms with E-state index in [1.54, 1.807) is 24.3 Å². The van der Waals surface area contributed by atoms with Crippen LogP contribution >= 0.6 is 11.6 Å². The zero-order valence-electron chi connectivity index (χ0n) is 12.5. The molecule has 5 nitrogen and oxygen atoms in total. The van der Waals surface area contributed by atoms with Crippen molar-refractivity contribution in [3.8, 4) is 0 Å². The fourth-order valence-corrected chi connectivity index (χ4v) is 1.94. The van der Waals surface area contributed by atoms with Crippen molar-refractivity contribution >= 4 is 29.1 Å². The van der Waals surface area contributed by atoms with Gasteiger partial charge in [0.05, 0.1) is 0 Å². The third kappa shape index (κ3) is 6.14. The smallest absolute Gasteiger partial charge is 0.251 e. The topological polar surface area (TPSA) is 61.4 Å². The van der Waals surface area contributed by atoms with Crippen LogP contribution in [0.4, 0.5) is 5.69 Å². The van der Waals surface area contributed by atoms with Crippen molar-refractivity contribution in [2.75, 3.05) is 37.4 Å². The summed E-state index contributed by atoms with van der Waals surface area (Å²) >= 11 is 5.41. The Bertz CT molecular complexity index is 458. The third-order valence-corrected chi connectivity index (χ3v) is 3.40. The fraction of sp³-hybridized carbons (Fsp3) is 0.467. The second-order valence-corrected chi connectivity index (χ2v) is 4.81. The monoisotopic (exact) mass is 311 g/mol. The van der Waals surface area contributed by atoms with Crippen molar-refractivity contribution in [1.82, 2.24) is 10.2 Å². The van der Waals surface area contributed by atoms with E-state index in [0.717, 1.165) is 19.6 Å². The standard InChI is InChI=1S/C15H22ClN3O2/c1-3-19(4-2)10-9-17-15(21)12-5-7-13(8-6-12)18-14(20)11-16/h5-8H,3-4,9-11H2,1-2H3,(H,17,21)(H,18,20). The van der Waals surface area contributed by atoms with Gasteiger partial charge in [0.25, 0.3) is 5.91 Å². The van der Waals surface area contributed by atoms with Gasteiger partial charge < -0.3 is 15.5 Å². The van der Waals surface area contributed by atoms with Crippen molar-refractivity contribution in [3.63, 3.8) is 0 Å². The molecule has 116 valence electrons. The first-order chi connectivity index (χ1) is 10.1. The summed E-state index contributed by atoms with van der Waals surface area (Å²) in [6.45, 7) is 7.59. The summed E-state index contributed by atoms with van der Waals surface area (Å²) in [5.74, 6) is -0.474. The third-order valence-electron chi connectivity index (χ3n) is 3.16. The van der Waals surface area contributed by atoms with Crippen LogP contribution in [0.3, 0.4) is 0 Å². The van der Waals surface area contributed by atoms with Gasteiger partial charge in [-0.15, -0.1) is 11.6 Å². The summed E-state index contributed by atoms with van der Waals surface area (Å²) in [4.78, 5) is 25.3. The van der Waals surface area contributed by atoms with Crippen LogP contribution in [0, 0.1) is 0 Å². The lowest BCUT2D eigenvalue weighted by molar-refractivity contribution is -0.113. The molecular formula is C15H22ClN3O2. The zero-order chi connectivity index (χ0) is 15.7. The normalized spacial score (nSPS) is 10.5. The number of rotatable bonds is 8. The molecule has 0 aliphatic carbocycles. The van der Waals surface area contributed by atoms with Crippen LogP contribution in [-0.2, 0) is 4.79 Å². The molecule has 0 atom stereocenters. The Morgan fingerprint density at radius 1 is 1.14 bits per heavy atom. The Balaban J connectivity index is 2.46.